The molecule has 7 aromatic carbocycles. The maximum absolute atomic E-state index is 2.37. The third-order valence-electron chi connectivity index (χ3n) is 12.0. The first kappa shape index (κ1) is 46.6. The first-order chi connectivity index (χ1) is 30.8. The quantitative estimate of drug-likeness (QED) is 0.137. The maximum atomic E-state index is 2.37. The number of hydrogen-bond donors (Lipinski definition) is 0. The van der Waals surface area contributed by atoms with Gasteiger partial charge in [-0.2, -0.15) is 11.8 Å². The lowest BCUT2D eigenvalue weighted by molar-refractivity contribution is 0.957. The zero-order valence-corrected chi connectivity index (χ0v) is 39.9. The van der Waals surface area contributed by atoms with Crippen molar-refractivity contribution in [3.8, 4) is 44.5 Å². The van der Waals surface area contributed by atoms with Crippen molar-refractivity contribution in [2.24, 2.45) is 0 Å². The molecule has 0 fully saturated rings. The summed E-state index contributed by atoms with van der Waals surface area (Å²) in [5, 5.41) is 0.628. The van der Waals surface area contributed by atoms with Crippen LogP contribution in [0.25, 0.3) is 55.7 Å². The molecule has 320 valence electrons. The molecular formula is C62H66S. The zero-order valence-electron chi connectivity index (χ0n) is 39.1. The van der Waals surface area contributed by atoms with E-state index in [9.17, 15) is 0 Å². The second-order valence-corrected chi connectivity index (χ2v) is 17.3. The van der Waals surface area contributed by atoms with Crippen molar-refractivity contribution in [2.75, 3.05) is 6.26 Å². The topological polar surface area (TPSA) is 0 Å². The predicted molar refractivity (Wildman–Crippen MR) is 282 cm³/mol. The number of thioether (sulfide) groups is 1. The first-order valence-corrected chi connectivity index (χ1v) is 24.3. The lowest BCUT2D eigenvalue weighted by Gasteiger charge is -2.09. The van der Waals surface area contributed by atoms with E-state index in [0.717, 1.165) is 12.8 Å². The van der Waals surface area contributed by atoms with Crippen molar-refractivity contribution in [2.45, 2.75) is 85.8 Å². The van der Waals surface area contributed by atoms with Gasteiger partial charge in [0.2, 0.25) is 0 Å². The first-order valence-electron chi connectivity index (χ1n) is 23.0. The van der Waals surface area contributed by atoms with Crippen LogP contribution in [0.15, 0.2) is 188 Å². The average Bonchev–Trinajstić information content (AvgIpc) is 3.85. The molecule has 0 spiro atoms. The van der Waals surface area contributed by atoms with Crippen molar-refractivity contribution in [1.29, 1.82) is 0 Å². The summed E-state index contributed by atoms with van der Waals surface area (Å²) in [7, 11) is 0. The molecule has 2 aliphatic rings. The van der Waals surface area contributed by atoms with Gasteiger partial charge >= 0.3 is 0 Å². The summed E-state index contributed by atoms with van der Waals surface area (Å²) < 4.78 is 0. The van der Waals surface area contributed by atoms with Crippen LogP contribution in [0.5, 0.6) is 0 Å². The Labute approximate surface area is 384 Å². The molecule has 0 heterocycles. The summed E-state index contributed by atoms with van der Waals surface area (Å²) in [4.78, 5) is 0. The molecule has 2 atom stereocenters. The molecule has 0 aromatic heterocycles. The maximum Gasteiger partial charge on any atom is 0.0337 e. The molecule has 0 bridgehead atoms. The van der Waals surface area contributed by atoms with E-state index in [0.29, 0.717) is 11.2 Å². The summed E-state index contributed by atoms with van der Waals surface area (Å²) in [5.41, 5.74) is 23.1. The number of hydrogen-bond acceptors (Lipinski definition) is 1. The van der Waals surface area contributed by atoms with Gasteiger partial charge in [-0.05, 0) is 148 Å². The minimum absolute atomic E-state index is 0.503. The monoisotopic (exact) mass is 842 g/mol. The molecule has 63 heavy (non-hydrogen) atoms. The Balaban J connectivity index is 0.000000154. The minimum Gasteiger partial charge on any atom is -0.157 e. The summed E-state index contributed by atoms with van der Waals surface area (Å²) in [6.07, 6.45) is 14.5. The van der Waals surface area contributed by atoms with Gasteiger partial charge in [0.25, 0.3) is 0 Å². The Kier molecular flexibility index (Phi) is 17.0. The lowest BCUT2D eigenvalue weighted by atomic mass is 9.96. The molecule has 0 saturated heterocycles. The van der Waals surface area contributed by atoms with E-state index in [1.807, 2.05) is 25.6 Å². The van der Waals surface area contributed by atoms with E-state index < -0.39 is 0 Å². The minimum atomic E-state index is 0.503. The summed E-state index contributed by atoms with van der Waals surface area (Å²) in [5.74, 6) is 0.503. The Morgan fingerprint density at radius 3 is 1.71 bits per heavy atom. The normalized spacial score (nSPS) is 15.3. The molecule has 7 aromatic rings. The average molecular weight is 843 g/mol. The summed E-state index contributed by atoms with van der Waals surface area (Å²) in [6.45, 7) is 17.1. The molecule has 0 amide bonds. The molecule has 0 radical (unpaired) electrons. The smallest absolute Gasteiger partial charge is 0.0337 e. The van der Waals surface area contributed by atoms with Gasteiger partial charge in [-0.1, -0.05) is 216 Å². The Hall–Kier alpha value is -5.89. The molecule has 0 N–H and O–H groups in total. The highest BCUT2D eigenvalue weighted by molar-refractivity contribution is 7.99. The van der Waals surface area contributed by atoms with E-state index in [4.69, 9.17) is 0 Å². The fourth-order valence-corrected chi connectivity index (χ4v) is 9.48. The SMILES string of the molecule is C/C=C1/c2cc(-c3ccc(C)cc3)ccc2CC1SC.CC.CC/C=C\C(=C/CC)c1cccc(-c2ccccc2)c1.Cc1ccc(-c2ccc3c(c2)-c2ccccc2C3C)cc1. The van der Waals surface area contributed by atoms with Gasteiger partial charge in [0.1, 0.15) is 0 Å². The van der Waals surface area contributed by atoms with Crippen LogP contribution in [0.3, 0.4) is 0 Å². The second-order valence-electron chi connectivity index (χ2n) is 16.2. The van der Waals surface area contributed by atoms with Crippen molar-refractivity contribution >= 4 is 22.9 Å². The van der Waals surface area contributed by atoms with Gasteiger partial charge in [-0.25, -0.2) is 0 Å². The highest BCUT2D eigenvalue weighted by Crippen LogP contribution is 2.46. The molecule has 2 aliphatic carbocycles. The third kappa shape index (κ3) is 11.4. The van der Waals surface area contributed by atoms with Gasteiger partial charge in [0.15, 0.2) is 0 Å². The fraction of sp³-hybridized carbons (Fsp3) is 0.226. The summed E-state index contributed by atoms with van der Waals surface area (Å²) in [6, 6.07) is 59.5. The molecule has 2 unspecified atom stereocenters. The van der Waals surface area contributed by atoms with Crippen LogP contribution in [-0.4, -0.2) is 11.5 Å². The molecule has 0 saturated carbocycles. The molecular weight excluding hydrogens is 777 g/mol. The molecule has 9 rings (SSSR count). The van der Waals surface area contributed by atoms with Crippen LogP contribution in [-0.2, 0) is 6.42 Å². The third-order valence-corrected chi connectivity index (χ3v) is 13.0. The fourth-order valence-electron chi connectivity index (χ4n) is 8.62. The molecule has 0 nitrogen and oxygen atoms in total. The van der Waals surface area contributed by atoms with Gasteiger partial charge in [-0.15, -0.1) is 0 Å². The Morgan fingerprint density at radius 1 is 0.556 bits per heavy atom. The number of benzene rings is 7. The summed E-state index contributed by atoms with van der Waals surface area (Å²) >= 11 is 1.96. The predicted octanol–water partition coefficient (Wildman–Crippen LogP) is 18.3. The van der Waals surface area contributed by atoms with Gasteiger partial charge in [-0.3, -0.25) is 0 Å². The highest BCUT2D eigenvalue weighted by atomic mass is 32.2. The van der Waals surface area contributed by atoms with Gasteiger partial charge < -0.3 is 0 Å². The van der Waals surface area contributed by atoms with Crippen molar-refractivity contribution in [1.82, 2.24) is 0 Å². The van der Waals surface area contributed by atoms with E-state index in [1.54, 1.807) is 0 Å². The van der Waals surface area contributed by atoms with Crippen LogP contribution in [0.4, 0.5) is 0 Å². The van der Waals surface area contributed by atoms with Crippen LogP contribution < -0.4 is 0 Å². The van der Waals surface area contributed by atoms with Crippen LogP contribution in [0.1, 0.15) is 99.2 Å². The Morgan fingerprint density at radius 2 is 1.10 bits per heavy atom. The van der Waals surface area contributed by atoms with Gasteiger partial charge in [0.05, 0.1) is 0 Å². The molecule has 1 heteroatoms. The number of fused-ring (bicyclic) bond motifs is 4. The second kappa shape index (κ2) is 23.0. The van der Waals surface area contributed by atoms with E-state index in [-0.39, 0.29) is 0 Å². The van der Waals surface area contributed by atoms with E-state index >= 15 is 0 Å². The largest absolute Gasteiger partial charge is 0.157 e. The lowest BCUT2D eigenvalue weighted by Crippen LogP contribution is -1.98. The molecule has 0 aliphatic heterocycles. The number of allylic oxidation sites excluding steroid dienone is 5. The number of aryl methyl sites for hydroxylation is 2. The van der Waals surface area contributed by atoms with E-state index in [2.05, 4.69) is 236 Å². The Bertz CT molecular complexity index is 2640. The number of rotatable bonds is 8. The van der Waals surface area contributed by atoms with Crippen LogP contribution in [0, 0.1) is 13.8 Å². The van der Waals surface area contributed by atoms with Crippen molar-refractivity contribution in [3.05, 3.63) is 227 Å². The van der Waals surface area contributed by atoms with E-state index in [1.165, 1.54) is 101 Å². The van der Waals surface area contributed by atoms with Crippen LogP contribution in [0.2, 0.25) is 0 Å². The van der Waals surface area contributed by atoms with Crippen molar-refractivity contribution < 1.29 is 0 Å². The standard InChI is InChI=1S/C21H18.C20H22.C19H20S.C2H6/c1-14-7-9-16(10-8-14)17-11-12-19-15(2)18-5-3-4-6-20(18)21(19)13-17;1-3-5-11-17(10-4-2)19-14-9-15-20(16-19)18-12-7-6-8-13-18;1-4-17-18-11-15(14-7-5-13(2)6-8-14)9-10-16(18)12-19(17)20-3;1-2/h3-13,15H,1-2H3;5-16H,3-4H2,1-2H3;4-11,19H,12H2,1-3H3;1-2H3/b;11-5-,17-10+;17-4-;. The highest BCUT2D eigenvalue weighted by Gasteiger charge is 2.26. The van der Waals surface area contributed by atoms with Crippen LogP contribution >= 0.6 is 11.8 Å². The van der Waals surface area contributed by atoms with Gasteiger partial charge in [0, 0.05) is 11.2 Å². The zero-order chi connectivity index (χ0) is 44.7. The van der Waals surface area contributed by atoms with Crippen molar-refractivity contribution in [3.63, 3.8) is 0 Å².